The molecule has 1 aromatic heterocycles. The highest BCUT2D eigenvalue weighted by Crippen LogP contribution is 2.24. The molecule has 1 amide bonds. The molecule has 0 bridgehead atoms. The number of carbonyl (C=O) groups excluding carboxylic acids is 1. The number of ether oxygens (including phenoxy) is 1. The molecule has 0 spiro atoms. The number of nitrogens with one attached hydrogen (secondary N) is 1. The van der Waals surface area contributed by atoms with Crippen LogP contribution in [-0.4, -0.2) is 13.0 Å². The lowest BCUT2D eigenvalue weighted by molar-refractivity contribution is 0.0941. The standard InChI is InChI=1S/C22H23NO4/c1-13(2)15-5-7-16(8-6-15)14(3)23-22(25)19-12-21(24)27-20-11-17(26-4)9-10-18(19)20/h5-14H,1-4H3,(H,23,25). The summed E-state index contributed by atoms with van der Waals surface area (Å²) in [7, 11) is 1.53. The molecule has 2 aromatic carbocycles. The molecule has 0 aliphatic carbocycles. The van der Waals surface area contributed by atoms with Crippen LogP contribution in [0.4, 0.5) is 0 Å². The first kappa shape index (κ1) is 18.7. The molecule has 1 heterocycles. The van der Waals surface area contributed by atoms with Gasteiger partial charge in [0, 0.05) is 17.5 Å². The van der Waals surface area contributed by atoms with Crippen LogP contribution in [-0.2, 0) is 0 Å². The van der Waals surface area contributed by atoms with E-state index in [0.29, 0.717) is 22.6 Å². The first-order chi connectivity index (χ1) is 12.9. The SMILES string of the molecule is COc1ccc2c(C(=O)NC(C)c3ccc(C(C)C)cc3)cc(=O)oc2c1. The van der Waals surface area contributed by atoms with Gasteiger partial charge in [-0.15, -0.1) is 0 Å². The van der Waals surface area contributed by atoms with E-state index in [1.54, 1.807) is 18.2 Å². The van der Waals surface area contributed by atoms with Gasteiger partial charge in [-0.25, -0.2) is 4.79 Å². The Balaban J connectivity index is 1.88. The third-order valence-corrected chi connectivity index (χ3v) is 4.65. The monoisotopic (exact) mass is 365 g/mol. The Bertz CT molecular complexity index is 1020. The van der Waals surface area contributed by atoms with Crippen LogP contribution in [0.5, 0.6) is 5.75 Å². The molecule has 3 aromatic rings. The molecule has 5 heteroatoms. The van der Waals surface area contributed by atoms with Crippen LogP contribution in [0.15, 0.2) is 57.7 Å². The topological polar surface area (TPSA) is 68.5 Å². The second kappa shape index (κ2) is 7.66. The first-order valence-electron chi connectivity index (χ1n) is 8.91. The van der Waals surface area contributed by atoms with Gasteiger partial charge in [0.2, 0.25) is 0 Å². The van der Waals surface area contributed by atoms with Crippen LogP contribution in [0, 0.1) is 0 Å². The van der Waals surface area contributed by atoms with Gasteiger partial charge in [0.05, 0.1) is 18.7 Å². The van der Waals surface area contributed by atoms with Crippen LogP contribution < -0.4 is 15.7 Å². The molecule has 0 radical (unpaired) electrons. The van der Waals surface area contributed by atoms with Crippen molar-refractivity contribution in [2.24, 2.45) is 0 Å². The fraction of sp³-hybridized carbons (Fsp3) is 0.273. The van der Waals surface area contributed by atoms with Gasteiger partial charge in [-0.3, -0.25) is 4.79 Å². The number of rotatable bonds is 5. The fourth-order valence-corrected chi connectivity index (χ4v) is 2.99. The van der Waals surface area contributed by atoms with Crippen molar-refractivity contribution >= 4 is 16.9 Å². The Hall–Kier alpha value is -3.08. The summed E-state index contributed by atoms with van der Waals surface area (Å²) >= 11 is 0. The fourth-order valence-electron chi connectivity index (χ4n) is 2.99. The van der Waals surface area contributed by atoms with Crippen molar-refractivity contribution in [2.45, 2.75) is 32.7 Å². The van der Waals surface area contributed by atoms with E-state index in [1.165, 1.54) is 18.7 Å². The molecule has 0 saturated carbocycles. The van der Waals surface area contributed by atoms with Gasteiger partial charge < -0.3 is 14.5 Å². The van der Waals surface area contributed by atoms with E-state index in [4.69, 9.17) is 9.15 Å². The highest BCUT2D eigenvalue weighted by molar-refractivity contribution is 6.05. The number of carbonyl (C=O) groups is 1. The zero-order valence-corrected chi connectivity index (χ0v) is 15.9. The summed E-state index contributed by atoms with van der Waals surface area (Å²) in [4.78, 5) is 24.7. The van der Waals surface area contributed by atoms with Crippen LogP contribution in [0.25, 0.3) is 11.0 Å². The van der Waals surface area contributed by atoms with Gasteiger partial charge in [-0.2, -0.15) is 0 Å². The molecule has 1 atom stereocenters. The molecule has 0 aliphatic heterocycles. The summed E-state index contributed by atoms with van der Waals surface area (Å²) < 4.78 is 10.4. The lowest BCUT2D eigenvalue weighted by Gasteiger charge is -2.16. The Morgan fingerprint density at radius 1 is 1.00 bits per heavy atom. The lowest BCUT2D eigenvalue weighted by Crippen LogP contribution is -2.27. The minimum Gasteiger partial charge on any atom is -0.497 e. The summed E-state index contributed by atoms with van der Waals surface area (Å²) in [5.41, 5.74) is 2.28. The van der Waals surface area contributed by atoms with Gasteiger partial charge in [0.15, 0.2) is 0 Å². The van der Waals surface area contributed by atoms with Crippen molar-refractivity contribution in [1.82, 2.24) is 5.32 Å². The van der Waals surface area contributed by atoms with Gasteiger partial charge in [-0.1, -0.05) is 38.1 Å². The number of fused-ring (bicyclic) bond motifs is 1. The zero-order valence-electron chi connectivity index (χ0n) is 15.9. The van der Waals surface area contributed by atoms with E-state index in [0.717, 1.165) is 5.56 Å². The van der Waals surface area contributed by atoms with Crippen molar-refractivity contribution in [2.75, 3.05) is 7.11 Å². The van der Waals surface area contributed by atoms with E-state index in [2.05, 4.69) is 31.3 Å². The van der Waals surface area contributed by atoms with Gasteiger partial charge in [0.25, 0.3) is 5.91 Å². The van der Waals surface area contributed by atoms with Gasteiger partial charge in [0.1, 0.15) is 11.3 Å². The molecule has 3 rings (SSSR count). The molecule has 140 valence electrons. The molecule has 0 saturated heterocycles. The van der Waals surface area contributed by atoms with Crippen LogP contribution in [0.3, 0.4) is 0 Å². The highest BCUT2D eigenvalue weighted by atomic mass is 16.5. The van der Waals surface area contributed by atoms with E-state index in [9.17, 15) is 9.59 Å². The van der Waals surface area contributed by atoms with Crippen LogP contribution >= 0.6 is 0 Å². The predicted octanol–water partition coefficient (Wildman–Crippen LogP) is 4.42. The van der Waals surface area contributed by atoms with Gasteiger partial charge >= 0.3 is 5.63 Å². The summed E-state index contributed by atoms with van der Waals surface area (Å²) in [5.74, 6) is 0.691. The minimum absolute atomic E-state index is 0.195. The maximum Gasteiger partial charge on any atom is 0.337 e. The third kappa shape index (κ3) is 4.03. The lowest BCUT2D eigenvalue weighted by atomic mass is 9.99. The normalized spacial score (nSPS) is 12.2. The van der Waals surface area contributed by atoms with E-state index < -0.39 is 5.63 Å². The molecular formula is C22H23NO4. The van der Waals surface area contributed by atoms with Crippen LogP contribution in [0.1, 0.15) is 54.2 Å². The first-order valence-corrected chi connectivity index (χ1v) is 8.91. The highest BCUT2D eigenvalue weighted by Gasteiger charge is 2.17. The second-order valence-corrected chi connectivity index (χ2v) is 6.86. The molecule has 0 fully saturated rings. The smallest absolute Gasteiger partial charge is 0.337 e. The average Bonchev–Trinajstić information content (AvgIpc) is 2.66. The van der Waals surface area contributed by atoms with Gasteiger partial charge in [-0.05, 0) is 36.1 Å². The van der Waals surface area contributed by atoms with Crippen LogP contribution in [0.2, 0.25) is 0 Å². The van der Waals surface area contributed by atoms with E-state index in [1.807, 2.05) is 19.1 Å². The second-order valence-electron chi connectivity index (χ2n) is 6.86. The van der Waals surface area contributed by atoms with Crippen molar-refractivity contribution in [3.05, 3.63) is 75.6 Å². The average molecular weight is 365 g/mol. The van der Waals surface area contributed by atoms with Crippen molar-refractivity contribution in [3.8, 4) is 5.75 Å². The zero-order chi connectivity index (χ0) is 19.6. The molecule has 27 heavy (non-hydrogen) atoms. The predicted molar refractivity (Wildman–Crippen MR) is 105 cm³/mol. The molecule has 5 nitrogen and oxygen atoms in total. The van der Waals surface area contributed by atoms with E-state index >= 15 is 0 Å². The Morgan fingerprint density at radius 2 is 1.67 bits per heavy atom. The molecule has 0 aliphatic rings. The summed E-state index contributed by atoms with van der Waals surface area (Å²) in [6.07, 6.45) is 0. The number of benzene rings is 2. The van der Waals surface area contributed by atoms with Crippen molar-refractivity contribution < 1.29 is 13.9 Å². The quantitative estimate of drug-likeness (QED) is 0.680. The summed E-state index contributed by atoms with van der Waals surface area (Å²) in [5, 5.41) is 3.52. The van der Waals surface area contributed by atoms with E-state index in [-0.39, 0.29) is 17.5 Å². The Kier molecular flexibility index (Phi) is 5.31. The largest absolute Gasteiger partial charge is 0.497 e. The van der Waals surface area contributed by atoms with Crippen molar-refractivity contribution in [3.63, 3.8) is 0 Å². The third-order valence-electron chi connectivity index (χ3n) is 4.65. The maximum atomic E-state index is 12.8. The molecule has 1 N–H and O–H groups in total. The Labute approximate surface area is 158 Å². The number of amides is 1. The summed E-state index contributed by atoms with van der Waals surface area (Å²) in [6, 6.07) is 14.2. The molecular weight excluding hydrogens is 342 g/mol. The van der Waals surface area contributed by atoms with Crippen molar-refractivity contribution in [1.29, 1.82) is 0 Å². The summed E-state index contributed by atoms with van der Waals surface area (Å²) in [6.45, 7) is 6.20. The number of hydrogen-bond donors (Lipinski definition) is 1. The maximum absolute atomic E-state index is 12.8. The Morgan fingerprint density at radius 3 is 2.30 bits per heavy atom. The molecule has 1 unspecified atom stereocenters. The minimum atomic E-state index is -0.574. The number of methoxy groups -OCH3 is 1. The number of hydrogen-bond acceptors (Lipinski definition) is 4.